The van der Waals surface area contributed by atoms with Crippen LogP contribution >= 0.6 is 11.6 Å². The molecule has 4 aromatic rings. The third kappa shape index (κ3) is 3.99. The Bertz CT molecular complexity index is 1390. The molecule has 0 bridgehead atoms. The number of carboxylic acids is 1. The van der Waals surface area contributed by atoms with Crippen molar-refractivity contribution >= 4 is 40.3 Å². The Balaban J connectivity index is 1.39. The van der Waals surface area contributed by atoms with Crippen LogP contribution in [0.4, 0.5) is 10.5 Å². The smallest absolute Gasteiger partial charge is 0.412 e. The molecule has 2 N–H and O–H groups in total. The molecule has 8 heteroatoms. The molecule has 1 saturated carbocycles. The van der Waals surface area contributed by atoms with E-state index >= 15 is 0 Å². The van der Waals surface area contributed by atoms with Crippen molar-refractivity contribution in [2.24, 2.45) is 0 Å². The van der Waals surface area contributed by atoms with Gasteiger partial charge in [0.25, 0.3) is 0 Å². The minimum atomic E-state index is -0.792. The molecule has 1 unspecified atom stereocenters. The van der Waals surface area contributed by atoms with Crippen LogP contribution in [-0.2, 0) is 14.9 Å². The van der Waals surface area contributed by atoms with Gasteiger partial charge in [-0.25, -0.2) is 4.79 Å². The summed E-state index contributed by atoms with van der Waals surface area (Å²) in [5.41, 5.74) is 3.36. The van der Waals surface area contributed by atoms with Crippen LogP contribution in [0.2, 0.25) is 5.02 Å². The van der Waals surface area contributed by atoms with Crippen molar-refractivity contribution < 1.29 is 24.0 Å². The van der Waals surface area contributed by atoms with Gasteiger partial charge in [0.1, 0.15) is 6.10 Å². The molecular formula is C26H21ClN2O5. The predicted octanol–water partition coefficient (Wildman–Crippen LogP) is 6.57. The van der Waals surface area contributed by atoms with E-state index in [1.54, 1.807) is 25.1 Å². The van der Waals surface area contributed by atoms with E-state index in [0.717, 1.165) is 16.7 Å². The molecule has 1 aliphatic rings. The molecule has 1 aromatic heterocycles. The maximum atomic E-state index is 12.7. The van der Waals surface area contributed by atoms with Gasteiger partial charge < -0.3 is 14.4 Å². The maximum absolute atomic E-state index is 12.7. The van der Waals surface area contributed by atoms with E-state index in [0.29, 0.717) is 40.1 Å². The van der Waals surface area contributed by atoms with Crippen LogP contribution in [0.25, 0.3) is 22.1 Å². The molecule has 0 spiro atoms. The number of nitrogens with one attached hydrogen (secondary N) is 1. The second kappa shape index (κ2) is 8.50. The summed E-state index contributed by atoms with van der Waals surface area (Å²) in [7, 11) is 0. The molecule has 34 heavy (non-hydrogen) atoms. The van der Waals surface area contributed by atoms with Crippen molar-refractivity contribution in [1.82, 2.24) is 5.16 Å². The lowest BCUT2D eigenvalue weighted by Crippen LogP contribution is -2.19. The zero-order valence-corrected chi connectivity index (χ0v) is 19.0. The summed E-state index contributed by atoms with van der Waals surface area (Å²) in [5, 5.41) is 17.3. The molecular weight excluding hydrogens is 456 g/mol. The average molecular weight is 477 g/mol. The van der Waals surface area contributed by atoms with Gasteiger partial charge in [0.15, 0.2) is 5.58 Å². The largest absolute Gasteiger partial charge is 0.481 e. The van der Waals surface area contributed by atoms with Crippen LogP contribution in [-0.4, -0.2) is 22.3 Å². The first-order chi connectivity index (χ1) is 16.4. The predicted molar refractivity (Wildman–Crippen MR) is 128 cm³/mol. The van der Waals surface area contributed by atoms with E-state index in [4.69, 9.17) is 20.9 Å². The number of carbonyl (C=O) groups excluding carboxylic acids is 1. The SMILES string of the molecule is CC(OC(=O)Nc1cc(-c2ccc(C3(C(=O)O)CC3)cc2)cc2oncc12)c1ccccc1Cl. The Morgan fingerprint density at radius 3 is 2.53 bits per heavy atom. The summed E-state index contributed by atoms with van der Waals surface area (Å²) < 4.78 is 10.9. The van der Waals surface area contributed by atoms with Gasteiger partial charge in [-0.05, 0) is 54.7 Å². The summed E-state index contributed by atoms with van der Waals surface area (Å²) in [5.74, 6) is -0.792. The Hall–Kier alpha value is -3.84. The normalized spacial score (nSPS) is 15.0. The van der Waals surface area contributed by atoms with Gasteiger partial charge in [-0.2, -0.15) is 0 Å². The zero-order chi connectivity index (χ0) is 23.9. The number of nitrogens with zero attached hydrogens (tertiary/aromatic N) is 1. The molecule has 5 rings (SSSR count). The Morgan fingerprint density at radius 2 is 1.85 bits per heavy atom. The number of rotatable bonds is 6. The lowest BCUT2D eigenvalue weighted by molar-refractivity contribution is -0.140. The highest BCUT2D eigenvalue weighted by molar-refractivity contribution is 6.31. The van der Waals surface area contributed by atoms with Gasteiger partial charge in [-0.3, -0.25) is 10.1 Å². The van der Waals surface area contributed by atoms with Gasteiger partial charge in [0.2, 0.25) is 0 Å². The topological polar surface area (TPSA) is 102 Å². The van der Waals surface area contributed by atoms with E-state index in [1.807, 2.05) is 42.5 Å². The van der Waals surface area contributed by atoms with Gasteiger partial charge >= 0.3 is 12.1 Å². The monoisotopic (exact) mass is 476 g/mol. The third-order valence-electron chi connectivity index (χ3n) is 6.27. The molecule has 1 heterocycles. The van der Waals surface area contributed by atoms with Crippen molar-refractivity contribution in [3.8, 4) is 11.1 Å². The van der Waals surface area contributed by atoms with Crippen molar-refractivity contribution in [2.45, 2.75) is 31.3 Å². The summed E-state index contributed by atoms with van der Waals surface area (Å²) in [6.45, 7) is 1.75. The molecule has 7 nitrogen and oxygen atoms in total. The quantitative estimate of drug-likeness (QED) is 0.326. The number of carboxylic acid groups (broad SMARTS) is 1. The molecule has 0 saturated heterocycles. The molecule has 0 radical (unpaired) electrons. The minimum Gasteiger partial charge on any atom is -0.481 e. The van der Waals surface area contributed by atoms with Crippen LogP contribution in [0.5, 0.6) is 0 Å². The third-order valence-corrected chi connectivity index (χ3v) is 6.61. The Labute approximate surface area is 200 Å². The lowest BCUT2D eigenvalue weighted by atomic mass is 9.93. The molecule has 1 amide bonds. The first-order valence-corrected chi connectivity index (χ1v) is 11.2. The number of aromatic nitrogens is 1. The van der Waals surface area contributed by atoms with Crippen molar-refractivity contribution in [1.29, 1.82) is 0 Å². The summed E-state index contributed by atoms with van der Waals surface area (Å²) in [6.07, 6.45) is 1.63. The first kappa shape index (κ1) is 22.0. The number of carbonyl (C=O) groups is 2. The number of aliphatic carboxylic acids is 1. The fourth-order valence-electron chi connectivity index (χ4n) is 4.14. The second-order valence-electron chi connectivity index (χ2n) is 8.42. The first-order valence-electron chi connectivity index (χ1n) is 10.8. The maximum Gasteiger partial charge on any atom is 0.412 e. The van der Waals surface area contributed by atoms with Crippen molar-refractivity contribution in [3.05, 3.63) is 83.0 Å². The summed E-state index contributed by atoms with van der Waals surface area (Å²) in [4.78, 5) is 24.3. The minimum absolute atomic E-state index is 0.485. The Kier molecular flexibility index (Phi) is 5.49. The molecule has 3 aromatic carbocycles. The van der Waals surface area contributed by atoms with Crippen molar-refractivity contribution in [2.75, 3.05) is 5.32 Å². The highest BCUT2D eigenvalue weighted by Gasteiger charge is 2.51. The Morgan fingerprint density at radius 1 is 1.12 bits per heavy atom. The number of halogens is 1. The van der Waals surface area contributed by atoms with Crippen LogP contribution in [0.15, 0.2) is 71.4 Å². The summed E-state index contributed by atoms with van der Waals surface area (Å²) in [6, 6.07) is 18.2. The van der Waals surface area contributed by atoms with Gasteiger partial charge in [0.05, 0.1) is 22.7 Å². The molecule has 172 valence electrons. The number of anilines is 1. The van der Waals surface area contributed by atoms with E-state index in [-0.39, 0.29) is 0 Å². The number of amides is 1. The van der Waals surface area contributed by atoms with Gasteiger partial charge in [-0.1, -0.05) is 59.2 Å². The standard InChI is InChI=1S/C26H21ClN2O5/c1-15(19-4-2-3-5-21(19)27)33-25(32)29-22-12-17(13-23-20(22)14-28-34-23)16-6-8-18(9-7-16)26(10-11-26)24(30)31/h2-9,12-15H,10-11H2,1H3,(H,29,32)(H,30,31). The zero-order valence-electron chi connectivity index (χ0n) is 18.2. The number of ether oxygens (including phenoxy) is 1. The second-order valence-corrected chi connectivity index (χ2v) is 8.83. The fraction of sp³-hybridized carbons (Fsp3) is 0.192. The van der Waals surface area contributed by atoms with E-state index < -0.39 is 23.6 Å². The van der Waals surface area contributed by atoms with Gasteiger partial charge in [-0.15, -0.1) is 0 Å². The van der Waals surface area contributed by atoms with E-state index in [9.17, 15) is 14.7 Å². The highest BCUT2D eigenvalue weighted by Crippen LogP contribution is 2.48. The van der Waals surface area contributed by atoms with E-state index in [2.05, 4.69) is 10.5 Å². The number of hydrogen-bond donors (Lipinski definition) is 2. The van der Waals surface area contributed by atoms with Crippen LogP contribution < -0.4 is 5.32 Å². The molecule has 1 fully saturated rings. The van der Waals surface area contributed by atoms with Crippen LogP contribution in [0.1, 0.15) is 37.0 Å². The lowest BCUT2D eigenvalue weighted by Gasteiger charge is -2.16. The van der Waals surface area contributed by atoms with E-state index in [1.165, 1.54) is 6.20 Å². The molecule has 0 aliphatic heterocycles. The molecule has 1 aliphatic carbocycles. The number of benzene rings is 3. The number of fused-ring (bicyclic) bond motifs is 1. The van der Waals surface area contributed by atoms with Crippen LogP contribution in [0.3, 0.4) is 0 Å². The highest BCUT2D eigenvalue weighted by atomic mass is 35.5. The average Bonchev–Trinajstić information content (AvgIpc) is 3.50. The molecule has 1 atom stereocenters. The fourth-order valence-corrected chi connectivity index (χ4v) is 4.43. The van der Waals surface area contributed by atoms with Crippen molar-refractivity contribution in [3.63, 3.8) is 0 Å². The number of hydrogen-bond acceptors (Lipinski definition) is 5. The van der Waals surface area contributed by atoms with Gasteiger partial charge in [0, 0.05) is 10.6 Å². The van der Waals surface area contributed by atoms with Crippen LogP contribution in [0, 0.1) is 0 Å². The summed E-state index contributed by atoms with van der Waals surface area (Å²) >= 11 is 6.21.